The fourth-order valence-corrected chi connectivity index (χ4v) is 3.66. The third-order valence-electron chi connectivity index (χ3n) is 5.15. The van der Waals surface area contributed by atoms with Gasteiger partial charge in [-0.15, -0.1) is 0 Å². The first-order chi connectivity index (χ1) is 13.5. The smallest absolute Gasteiger partial charge is 0.263 e. The summed E-state index contributed by atoms with van der Waals surface area (Å²) in [4.78, 5) is 17.2. The highest BCUT2D eigenvalue weighted by Gasteiger charge is 2.28. The predicted molar refractivity (Wildman–Crippen MR) is 112 cm³/mol. The Kier molecular flexibility index (Phi) is 6.45. The second-order valence-corrected chi connectivity index (χ2v) is 7.35. The van der Waals surface area contributed by atoms with E-state index >= 15 is 0 Å². The molecule has 0 saturated carbocycles. The van der Waals surface area contributed by atoms with Gasteiger partial charge in [0.15, 0.2) is 6.10 Å². The standard InChI is InChI=1S/C23H30N2O3/c1-5-22(28-21-15-17(2)14-18(3)16-21)23(26)25-12-10-24(11-13-25)19-6-8-20(27-4)9-7-19/h6-9,14-16,22H,5,10-13H2,1-4H3/t22-/m0/s1. The van der Waals surface area contributed by atoms with Crippen LogP contribution >= 0.6 is 0 Å². The molecule has 0 bridgehead atoms. The maximum absolute atomic E-state index is 13.0. The molecule has 5 nitrogen and oxygen atoms in total. The number of hydrogen-bond acceptors (Lipinski definition) is 4. The van der Waals surface area contributed by atoms with E-state index in [-0.39, 0.29) is 5.91 Å². The molecule has 2 aromatic carbocycles. The number of nitrogens with zero attached hydrogens (tertiary/aromatic N) is 2. The summed E-state index contributed by atoms with van der Waals surface area (Å²) in [6, 6.07) is 14.2. The van der Waals surface area contributed by atoms with Gasteiger partial charge in [-0.3, -0.25) is 4.79 Å². The molecule has 1 atom stereocenters. The molecular formula is C23H30N2O3. The van der Waals surface area contributed by atoms with Crippen LogP contribution in [0.5, 0.6) is 11.5 Å². The van der Waals surface area contributed by atoms with Crippen molar-refractivity contribution in [3.8, 4) is 11.5 Å². The zero-order valence-corrected chi connectivity index (χ0v) is 17.3. The number of anilines is 1. The fraction of sp³-hybridized carbons (Fsp3) is 0.435. The van der Waals surface area contributed by atoms with Gasteiger partial charge in [0, 0.05) is 31.9 Å². The largest absolute Gasteiger partial charge is 0.497 e. The highest BCUT2D eigenvalue weighted by molar-refractivity contribution is 5.81. The number of carbonyl (C=O) groups excluding carboxylic acids is 1. The molecule has 1 aliphatic heterocycles. The zero-order valence-electron chi connectivity index (χ0n) is 17.3. The lowest BCUT2D eigenvalue weighted by Crippen LogP contribution is -2.52. The van der Waals surface area contributed by atoms with E-state index in [1.807, 2.05) is 49.9 Å². The molecule has 1 heterocycles. The normalized spacial score (nSPS) is 15.3. The highest BCUT2D eigenvalue weighted by Crippen LogP contribution is 2.22. The average molecular weight is 383 g/mol. The number of methoxy groups -OCH3 is 1. The number of rotatable bonds is 6. The number of piperazine rings is 1. The van der Waals surface area contributed by atoms with Crippen molar-refractivity contribution in [2.24, 2.45) is 0 Å². The molecule has 5 heteroatoms. The molecule has 28 heavy (non-hydrogen) atoms. The second-order valence-electron chi connectivity index (χ2n) is 7.35. The Morgan fingerprint density at radius 3 is 2.11 bits per heavy atom. The maximum Gasteiger partial charge on any atom is 0.263 e. The summed E-state index contributed by atoms with van der Waals surface area (Å²) in [5, 5.41) is 0. The lowest BCUT2D eigenvalue weighted by Gasteiger charge is -2.37. The summed E-state index contributed by atoms with van der Waals surface area (Å²) in [6.07, 6.45) is 0.221. The third-order valence-corrected chi connectivity index (χ3v) is 5.15. The quantitative estimate of drug-likeness (QED) is 0.762. The summed E-state index contributed by atoms with van der Waals surface area (Å²) in [5.74, 6) is 1.71. The lowest BCUT2D eigenvalue weighted by atomic mass is 10.1. The van der Waals surface area contributed by atoms with Gasteiger partial charge in [-0.05, 0) is 67.8 Å². The monoisotopic (exact) mass is 382 g/mol. The minimum absolute atomic E-state index is 0.0797. The van der Waals surface area contributed by atoms with Gasteiger partial charge in [-0.2, -0.15) is 0 Å². The van der Waals surface area contributed by atoms with E-state index in [2.05, 4.69) is 23.1 Å². The van der Waals surface area contributed by atoms with Crippen molar-refractivity contribution in [1.82, 2.24) is 4.90 Å². The van der Waals surface area contributed by atoms with Crippen LogP contribution in [0.4, 0.5) is 5.69 Å². The Labute approximate surface area is 167 Å². The summed E-state index contributed by atoms with van der Waals surface area (Å²) in [7, 11) is 1.67. The summed E-state index contributed by atoms with van der Waals surface area (Å²) >= 11 is 0. The van der Waals surface area contributed by atoms with Gasteiger partial charge in [0.1, 0.15) is 11.5 Å². The maximum atomic E-state index is 13.0. The minimum Gasteiger partial charge on any atom is -0.497 e. The van der Waals surface area contributed by atoms with Crippen molar-refractivity contribution in [3.05, 3.63) is 53.6 Å². The molecule has 1 fully saturated rings. The third kappa shape index (κ3) is 4.77. The van der Waals surface area contributed by atoms with Gasteiger partial charge in [-0.1, -0.05) is 13.0 Å². The SMILES string of the molecule is CC[C@H](Oc1cc(C)cc(C)c1)C(=O)N1CCN(c2ccc(OC)cc2)CC1. The van der Waals surface area contributed by atoms with Crippen molar-refractivity contribution in [2.45, 2.75) is 33.3 Å². The fourth-order valence-electron chi connectivity index (χ4n) is 3.66. The van der Waals surface area contributed by atoms with E-state index in [9.17, 15) is 4.79 Å². The molecule has 150 valence electrons. The van der Waals surface area contributed by atoms with Crippen LogP contribution in [-0.4, -0.2) is 50.2 Å². The van der Waals surface area contributed by atoms with Gasteiger partial charge < -0.3 is 19.3 Å². The summed E-state index contributed by atoms with van der Waals surface area (Å²) < 4.78 is 11.3. The number of benzene rings is 2. The highest BCUT2D eigenvalue weighted by atomic mass is 16.5. The first-order valence-corrected chi connectivity index (χ1v) is 9.93. The van der Waals surface area contributed by atoms with Gasteiger partial charge in [0.05, 0.1) is 7.11 Å². The molecule has 0 unspecified atom stereocenters. The first kappa shape index (κ1) is 20.1. The van der Waals surface area contributed by atoms with Gasteiger partial charge >= 0.3 is 0 Å². The molecule has 0 aromatic heterocycles. The Morgan fingerprint density at radius 2 is 1.57 bits per heavy atom. The van der Waals surface area contributed by atoms with E-state index in [1.165, 1.54) is 0 Å². The number of amides is 1. The van der Waals surface area contributed by atoms with Gasteiger partial charge in [-0.25, -0.2) is 0 Å². The van der Waals surface area contributed by atoms with Crippen molar-refractivity contribution >= 4 is 11.6 Å². The molecule has 2 aromatic rings. The molecule has 0 radical (unpaired) electrons. The predicted octanol–water partition coefficient (Wildman–Crippen LogP) is 3.82. The number of ether oxygens (including phenoxy) is 2. The van der Waals surface area contributed by atoms with E-state index in [0.717, 1.165) is 41.4 Å². The molecule has 0 aliphatic carbocycles. The van der Waals surface area contributed by atoms with E-state index < -0.39 is 6.10 Å². The zero-order chi connectivity index (χ0) is 20.1. The van der Waals surface area contributed by atoms with Crippen molar-refractivity contribution in [2.75, 3.05) is 38.2 Å². The summed E-state index contributed by atoms with van der Waals surface area (Å²) in [6.45, 7) is 9.13. The average Bonchev–Trinajstić information content (AvgIpc) is 2.71. The Hall–Kier alpha value is -2.69. The summed E-state index contributed by atoms with van der Waals surface area (Å²) in [5.41, 5.74) is 3.45. The number of carbonyl (C=O) groups is 1. The Balaban J connectivity index is 1.59. The molecule has 1 amide bonds. The molecule has 1 saturated heterocycles. The molecule has 0 N–H and O–H groups in total. The van der Waals surface area contributed by atoms with Crippen LogP contribution in [0.1, 0.15) is 24.5 Å². The lowest BCUT2D eigenvalue weighted by molar-refractivity contribution is -0.139. The van der Waals surface area contributed by atoms with Gasteiger partial charge in [0.2, 0.25) is 0 Å². The van der Waals surface area contributed by atoms with Crippen LogP contribution in [0.15, 0.2) is 42.5 Å². The van der Waals surface area contributed by atoms with Crippen molar-refractivity contribution in [1.29, 1.82) is 0 Å². The van der Waals surface area contributed by atoms with Gasteiger partial charge in [0.25, 0.3) is 5.91 Å². The van der Waals surface area contributed by atoms with Crippen molar-refractivity contribution in [3.63, 3.8) is 0 Å². The van der Waals surface area contributed by atoms with Crippen LogP contribution in [0, 0.1) is 13.8 Å². The number of hydrogen-bond donors (Lipinski definition) is 0. The Morgan fingerprint density at radius 1 is 0.964 bits per heavy atom. The Bertz CT molecular complexity index is 776. The van der Waals surface area contributed by atoms with Crippen LogP contribution in [-0.2, 0) is 4.79 Å². The topological polar surface area (TPSA) is 42.0 Å². The second kappa shape index (κ2) is 9.00. The van der Waals surface area contributed by atoms with Crippen LogP contribution in [0.25, 0.3) is 0 Å². The van der Waals surface area contributed by atoms with Crippen LogP contribution in [0.2, 0.25) is 0 Å². The van der Waals surface area contributed by atoms with Crippen LogP contribution < -0.4 is 14.4 Å². The van der Waals surface area contributed by atoms with Crippen molar-refractivity contribution < 1.29 is 14.3 Å². The molecular weight excluding hydrogens is 352 g/mol. The number of aryl methyl sites for hydroxylation is 2. The minimum atomic E-state index is -0.436. The van der Waals surface area contributed by atoms with E-state index in [4.69, 9.17) is 9.47 Å². The van der Waals surface area contributed by atoms with Crippen LogP contribution in [0.3, 0.4) is 0 Å². The first-order valence-electron chi connectivity index (χ1n) is 9.93. The molecule has 0 spiro atoms. The molecule has 1 aliphatic rings. The van der Waals surface area contributed by atoms with E-state index in [1.54, 1.807) is 7.11 Å². The van der Waals surface area contributed by atoms with E-state index in [0.29, 0.717) is 19.5 Å². The molecule has 3 rings (SSSR count).